The van der Waals surface area contributed by atoms with Crippen LogP contribution in [0, 0.1) is 0 Å². The van der Waals surface area contributed by atoms with Crippen LogP contribution in [0.2, 0.25) is 0 Å². The predicted octanol–water partition coefficient (Wildman–Crippen LogP) is 3.69. The van der Waals surface area contributed by atoms with Gasteiger partial charge in [-0.25, -0.2) is 0 Å². The minimum absolute atomic E-state index is 0. The summed E-state index contributed by atoms with van der Waals surface area (Å²) in [6.07, 6.45) is 8.09. The zero-order valence-corrected chi connectivity index (χ0v) is 11.9. The van der Waals surface area contributed by atoms with Gasteiger partial charge in [0.1, 0.15) is 0 Å². The van der Waals surface area contributed by atoms with Gasteiger partial charge in [0.05, 0.1) is 0 Å². The molecule has 2 heteroatoms. The Hall–Kier alpha value is 0.583. The van der Waals surface area contributed by atoms with Gasteiger partial charge < -0.3 is 4.90 Å². The molecular weight excluding hydrogens is 259 g/mol. The molecule has 14 heavy (non-hydrogen) atoms. The molecule has 0 spiro atoms. The maximum Gasteiger partial charge on any atom is 3.00 e. The van der Waals surface area contributed by atoms with Crippen molar-refractivity contribution in [2.45, 2.75) is 59.3 Å². The Morgan fingerprint density at radius 1 is 0.643 bits per heavy atom. The van der Waals surface area contributed by atoms with Crippen molar-refractivity contribution in [3.63, 3.8) is 0 Å². The van der Waals surface area contributed by atoms with E-state index in [9.17, 15) is 0 Å². The van der Waals surface area contributed by atoms with Gasteiger partial charge in [0, 0.05) is 0 Å². The summed E-state index contributed by atoms with van der Waals surface area (Å²) in [5, 5.41) is 0. The second-order valence-electron chi connectivity index (χ2n) is 3.90. The number of unbranched alkanes of at least 4 members (excludes halogenated alkanes) is 3. The van der Waals surface area contributed by atoms with Crippen LogP contribution < -0.4 is 0 Å². The molecule has 1 nitrogen and oxygen atoms in total. The molecule has 0 N–H and O–H groups in total. The average molecular weight is 286 g/mol. The topological polar surface area (TPSA) is 3.24 Å². The summed E-state index contributed by atoms with van der Waals surface area (Å²) < 4.78 is 0. The number of hydrogen-bond acceptors (Lipinski definition) is 1. The predicted molar refractivity (Wildman–Crippen MR) is 61.2 cm³/mol. The maximum absolute atomic E-state index is 2.64. The summed E-state index contributed by atoms with van der Waals surface area (Å²) in [6.45, 7) is 10.8. The third-order valence-corrected chi connectivity index (χ3v) is 2.48. The van der Waals surface area contributed by atoms with Crippen molar-refractivity contribution in [3.8, 4) is 0 Å². The van der Waals surface area contributed by atoms with Crippen LogP contribution in [0.3, 0.4) is 0 Å². The molecule has 0 amide bonds. The summed E-state index contributed by atoms with van der Waals surface area (Å²) in [5.74, 6) is 0. The van der Waals surface area contributed by atoms with Gasteiger partial charge in [-0.3, -0.25) is 0 Å². The first kappa shape index (κ1) is 17.0. The van der Waals surface area contributed by atoms with E-state index in [1.165, 1.54) is 58.2 Å². The summed E-state index contributed by atoms with van der Waals surface area (Å²) in [5.41, 5.74) is 0. The molecule has 0 unspecified atom stereocenters. The molecule has 0 aliphatic carbocycles. The third kappa shape index (κ3) is 10.7. The summed E-state index contributed by atoms with van der Waals surface area (Å²) in [7, 11) is 0. The van der Waals surface area contributed by atoms with E-state index in [1.807, 2.05) is 0 Å². The van der Waals surface area contributed by atoms with Crippen LogP contribution in [0.5, 0.6) is 0 Å². The fraction of sp³-hybridized carbons (Fsp3) is 1.00. The van der Waals surface area contributed by atoms with E-state index in [4.69, 9.17) is 0 Å². The van der Waals surface area contributed by atoms with E-state index >= 15 is 0 Å². The molecule has 0 rings (SSSR count). The summed E-state index contributed by atoms with van der Waals surface area (Å²) in [4.78, 5) is 2.64. The molecule has 85 valence electrons. The second kappa shape index (κ2) is 13.6. The zero-order chi connectivity index (χ0) is 9.94. The maximum atomic E-state index is 2.64. The van der Waals surface area contributed by atoms with Gasteiger partial charge in [-0.1, -0.05) is 40.0 Å². The van der Waals surface area contributed by atoms with Crippen molar-refractivity contribution in [1.29, 1.82) is 0 Å². The fourth-order valence-corrected chi connectivity index (χ4v) is 1.48. The van der Waals surface area contributed by atoms with Crippen LogP contribution in [0.4, 0.5) is 0 Å². The Morgan fingerprint density at radius 2 is 0.929 bits per heavy atom. The molecule has 0 bridgehead atoms. The first-order valence-electron chi connectivity index (χ1n) is 6.07. The van der Waals surface area contributed by atoms with Gasteiger partial charge in [0.15, 0.2) is 0 Å². The Morgan fingerprint density at radius 3 is 1.14 bits per heavy atom. The summed E-state index contributed by atoms with van der Waals surface area (Å²) in [6, 6.07) is 0. The van der Waals surface area contributed by atoms with Crippen molar-refractivity contribution < 1.29 is 19.5 Å². The van der Waals surface area contributed by atoms with Crippen LogP contribution in [0.25, 0.3) is 0 Å². The molecular formula is C12H27NRu+3. The zero-order valence-electron chi connectivity index (χ0n) is 10.2. The molecule has 0 aliphatic heterocycles. The molecule has 0 aliphatic rings. The first-order chi connectivity index (χ1) is 6.35. The molecule has 1 radical (unpaired) electrons. The number of rotatable bonds is 9. The largest absolute Gasteiger partial charge is 3.00 e. The minimum Gasteiger partial charge on any atom is -0.303 e. The van der Waals surface area contributed by atoms with Crippen LogP contribution >= 0.6 is 0 Å². The van der Waals surface area contributed by atoms with E-state index in [-0.39, 0.29) is 19.5 Å². The van der Waals surface area contributed by atoms with Crippen LogP contribution in [0.1, 0.15) is 59.3 Å². The molecule has 0 aromatic heterocycles. The van der Waals surface area contributed by atoms with Gasteiger partial charge in [-0.05, 0) is 38.9 Å². The Balaban J connectivity index is 0. The molecule has 0 aromatic carbocycles. The van der Waals surface area contributed by atoms with E-state index in [0.29, 0.717) is 0 Å². The van der Waals surface area contributed by atoms with Gasteiger partial charge in [0.25, 0.3) is 0 Å². The van der Waals surface area contributed by atoms with Crippen molar-refractivity contribution >= 4 is 0 Å². The fourth-order valence-electron chi connectivity index (χ4n) is 1.48. The van der Waals surface area contributed by atoms with Crippen LogP contribution in [0.15, 0.2) is 0 Å². The molecule has 0 saturated carbocycles. The molecule has 0 fully saturated rings. The third-order valence-electron chi connectivity index (χ3n) is 2.48. The van der Waals surface area contributed by atoms with Gasteiger partial charge in [-0.2, -0.15) is 0 Å². The number of nitrogens with zero attached hydrogens (tertiary/aromatic N) is 1. The van der Waals surface area contributed by atoms with E-state index in [2.05, 4.69) is 25.7 Å². The molecule has 0 heterocycles. The van der Waals surface area contributed by atoms with Crippen LogP contribution in [-0.4, -0.2) is 24.5 Å². The van der Waals surface area contributed by atoms with Gasteiger partial charge in [0.2, 0.25) is 0 Å². The summed E-state index contributed by atoms with van der Waals surface area (Å²) >= 11 is 0. The van der Waals surface area contributed by atoms with Crippen molar-refractivity contribution in [2.75, 3.05) is 19.6 Å². The van der Waals surface area contributed by atoms with Gasteiger partial charge in [-0.15, -0.1) is 0 Å². The smallest absolute Gasteiger partial charge is 0.303 e. The van der Waals surface area contributed by atoms with Crippen molar-refractivity contribution in [2.24, 2.45) is 0 Å². The second-order valence-corrected chi connectivity index (χ2v) is 3.90. The molecule has 0 saturated heterocycles. The average Bonchev–Trinajstić information content (AvgIpc) is 2.17. The standard InChI is InChI=1S/C12H27N.Ru/c1-4-7-10-13(11-8-5-2)12-9-6-3;/h4-12H2,1-3H3;/q;+3. The van der Waals surface area contributed by atoms with Crippen molar-refractivity contribution in [1.82, 2.24) is 4.90 Å². The Kier molecular flexibility index (Phi) is 16.5. The molecule has 0 atom stereocenters. The van der Waals surface area contributed by atoms with E-state index in [1.54, 1.807) is 0 Å². The monoisotopic (exact) mass is 287 g/mol. The van der Waals surface area contributed by atoms with Crippen molar-refractivity contribution in [3.05, 3.63) is 0 Å². The SMILES string of the molecule is CCCCN(CCCC)CCCC.[Ru+3]. The minimum atomic E-state index is 0. The van der Waals surface area contributed by atoms with E-state index < -0.39 is 0 Å². The Labute approximate surface area is 103 Å². The normalized spacial score (nSPS) is 10.3. The van der Waals surface area contributed by atoms with Gasteiger partial charge >= 0.3 is 19.5 Å². The quantitative estimate of drug-likeness (QED) is 0.584. The molecule has 0 aromatic rings. The van der Waals surface area contributed by atoms with Crippen LogP contribution in [-0.2, 0) is 19.5 Å². The number of hydrogen-bond donors (Lipinski definition) is 0. The van der Waals surface area contributed by atoms with E-state index in [0.717, 1.165) is 0 Å². The Bertz CT molecular complexity index is 77.3. The first-order valence-corrected chi connectivity index (χ1v) is 6.07.